The molecule has 0 aromatic heterocycles. The molecule has 0 fully saturated rings. The summed E-state index contributed by atoms with van der Waals surface area (Å²) in [7, 11) is 1.52. The molecule has 6 heteroatoms. The first-order chi connectivity index (χ1) is 13.8. The molecule has 0 aliphatic heterocycles. The van der Waals surface area contributed by atoms with E-state index in [1.807, 2.05) is 25.1 Å². The van der Waals surface area contributed by atoms with Gasteiger partial charge in [-0.25, -0.2) is 4.39 Å². The van der Waals surface area contributed by atoms with Crippen LogP contribution in [-0.4, -0.2) is 7.11 Å². The van der Waals surface area contributed by atoms with E-state index in [0.717, 1.165) is 23.3 Å². The van der Waals surface area contributed by atoms with Gasteiger partial charge in [0.2, 0.25) is 0 Å². The highest BCUT2D eigenvalue weighted by atomic mass is 19.4. The summed E-state index contributed by atoms with van der Waals surface area (Å²) in [4.78, 5) is 0. The lowest BCUT2D eigenvalue weighted by Crippen LogP contribution is -2.18. The standard InChI is InChI=1S/C23H21F4NO/c1-15(18-4-3-5-20(24)13-18)28-14-16-6-11-22(29-2)21(12-16)17-7-9-19(10-8-17)23(25,26)27/h3-13,15,28H,14H2,1-2H3/t15-/m1/s1. The largest absolute Gasteiger partial charge is 0.496 e. The van der Waals surface area contributed by atoms with Crippen LogP contribution in [0.15, 0.2) is 66.7 Å². The van der Waals surface area contributed by atoms with Crippen LogP contribution < -0.4 is 10.1 Å². The van der Waals surface area contributed by atoms with Crippen molar-refractivity contribution in [2.75, 3.05) is 7.11 Å². The number of alkyl halides is 3. The molecule has 1 N–H and O–H groups in total. The van der Waals surface area contributed by atoms with Crippen molar-refractivity contribution in [2.24, 2.45) is 0 Å². The number of ether oxygens (including phenoxy) is 1. The molecular weight excluding hydrogens is 382 g/mol. The fraction of sp³-hybridized carbons (Fsp3) is 0.217. The van der Waals surface area contributed by atoms with Crippen molar-refractivity contribution in [3.63, 3.8) is 0 Å². The Morgan fingerprint density at radius 3 is 2.31 bits per heavy atom. The molecule has 0 aliphatic rings. The Morgan fingerprint density at radius 1 is 0.966 bits per heavy atom. The molecular formula is C23H21F4NO. The van der Waals surface area contributed by atoms with Gasteiger partial charge in [0, 0.05) is 18.2 Å². The molecule has 0 spiro atoms. The molecule has 0 radical (unpaired) electrons. The Kier molecular flexibility index (Phi) is 6.23. The molecule has 0 saturated heterocycles. The minimum Gasteiger partial charge on any atom is -0.496 e. The van der Waals surface area contributed by atoms with Crippen LogP contribution in [0.3, 0.4) is 0 Å². The van der Waals surface area contributed by atoms with Gasteiger partial charge in [-0.1, -0.05) is 30.3 Å². The molecule has 152 valence electrons. The second kappa shape index (κ2) is 8.66. The van der Waals surface area contributed by atoms with Gasteiger partial charge in [0.05, 0.1) is 12.7 Å². The van der Waals surface area contributed by atoms with Crippen molar-refractivity contribution in [1.29, 1.82) is 0 Å². The maximum Gasteiger partial charge on any atom is 0.416 e. The summed E-state index contributed by atoms with van der Waals surface area (Å²) < 4.78 is 57.2. The topological polar surface area (TPSA) is 21.3 Å². The summed E-state index contributed by atoms with van der Waals surface area (Å²) in [5.41, 5.74) is 2.42. The molecule has 0 saturated carbocycles. The Bertz CT molecular complexity index is 967. The smallest absolute Gasteiger partial charge is 0.416 e. The van der Waals surface area contributed by atoms with Gasteiger partial charge in [-0.05, 0) is 60.0 Å². The van der Waals surface area contributed by atoms with Crippen LogP contribution in [0, 0.1) is 5.82 Å². The van der Waals surface area contributed by atoms with Gasteiger partial charge in [-0.2, -0.15) is 13.2 Å². The van der Waals surface area contributed by atoms with E-state index in [4.69, 9.17) is 4.74 Å². The van der Waals surface area contributed by atoms with Crippen LogP contribution in [-0.2, 0) is 12.7 Å². The number of methoxy groups -OCH3 is 1. The van der Waals surface area contributed by atoms with Gasteiger partial charge < -0.3 is 10.1 Å². The zero-order valence-electron chi connectivity index (χ0n) is 16.1. The van der Waals surface area contributed by atoms with Gasteiger partial charge in [-0.3, -0.25) is 0 Å². The van der Waals surface area contributed by atoms with Gasteiger partial charge in [0.15, 0.2) is 0 Å². The third kappa shape index (κ3) is 5.15. The van der Waals surface area contributed by atoms with Gasteiger partial charge in [0.1, 0.15) is 11.6 Å². The van der Waals surface area contributed by atoms with E-state index in [-0.39, 0.29) is 11.9 Å². The van der Waals surface area contributed by atoms with Gasteiger partial charge in [0.25, 0.3) is 0 Å². The SMILES string of the molecule is COc1ccc(CN[C@H](C)c2cccc(F)c2)cc1-c1ccc(C(F)(F)F)cc1. The van der Waals surface area contributed by atoms with Crippen LogP contribution in [0.4, 0.5) is 17.6 Å². The van der Waals surface area contributed by atoms with Crippen LogP contribution in [0.5, 0.6) is 5.75 Å². The third-order valence-electron chi connectivity index (χ3n) is 4.75. The summed E-state index contributed by atoms with van der Waals surface area (Å²) in [6.45, 7) is 2.45. The lowest BCUT2D eigenvalue weighted by atomic mass is 10.00. The van der Waals surface area contributed by atoms with Crippen molar-refractivity contribution in [2.45, 2.75) is 25.7 Å². The second-order valence-electron chi connectivity index (χ2n) is 6.77. The first-order valence-corrected chi connectivity index (χ1v) is 9.11. The van der Waals surface area contributed by atoms with Crippen LogP contribution in [0.1, 0.15) is 29.7 Å². The van der Waals surface area contributed by atoms with Crippen molar-refractivity contribution in [1.82, 2.24) is 5.32 Å². The van der Waals surface area contributed by atoms with E-state index in [2.05, 4.69) is 5.32 Å². The van der Waals surface area contributed by atoms with Crippen LogP contribution in [0.25, 0.3) is 11.1 Å². The number of hydrogen-bond donors (Lipinski definition) is 1. The zero-order valence-corrected chi connectivity index (χ0v) is 16.1. The summed E-state index contributed by atoms with van der Waals surface area (Å²) in [6, 6.07) is 16.9. The van der Waals surface area contributed by atoms with E-state index in [9.17, 15) is 17.6 Å². The summed E-state index contributed by atoms with van der Waals surface area (Å²) in [5, 5.41) is 3.33. The van der Waals surface area contributed by atoms with Gasteiger partial charge >= 0.3 is 6.18 Å². The molecule has 3 aromatic carbocycles. The maximum absolute atomic E-state index is 13.4. The lowest BCUT2D eigenvalue weighted by molar-refractivity contribution is -0.137. The summed E-state index contributed by atoms with van der Waals surface area (Å²) in [5.74, 6) is 0.289. The first kappa shape index (κ1) is 20.9. The number of rotatable bonds is 6. The fourth-order valence-corrected chi connectivity index (χ4v) is 3.09. The monoisotopic (exact) mass is 403 g/mol. The van der Waals surface area contributed by atoms with E-state index >= 15 is 0 Å². The Morgan fingerprint density at radius 2 is 1.69 bits per heavy atom. The normalized spacial score (nSPS) is 12.6. The van der Waals surface area contributed by atoms with Crippen molar-refractivity contribution < 1.29 is 22.3 Å². The van der Waals surface area contributed by atoms with Crippen molar-refractivity contribution >= 4 is 0 Å². The molecule has 3 aromatic rings. The average Bonchev–Trinajstić information content (AvgIpc) is 2.71. The number of benzene rings is 3. The average molecular weight is 403 g/mol. The predicted octanol–water partition coefficient (Wildman–Crippen LogP) is 6.37. The fourth-order valence-electron chi connectivity index (χ4n) is 3.09. The Balaban J connectivity index is 1.80. The quantitative estimate of drug-likeness (QED) is 0.483. The molecule has 3 rings (SSSR count). The molecule has 29 heavy (non-hydrogen) atoms. The molecule has 2 nitrogen and oxygen atoms in total. The third-order valence-corrected chi connectivity index (χ3v) is 4.75. The highest BCUT2D eigenvalue weighted by Gasteiger charge is 2.30. The first-order valence-electron chi connectivity index (χ1n) is 9.11. The maximum atomic E-state index is 13.4. The highest BCUT2D eigenvalue weighted by molar-refractivity contribution is 5.71. The predicted molar refractivity (Wildman–Crippen MR) is 105 cm³/mol. The van der Waals surface area contributed by atoms with Gasteiger partial charge in [-0.15, -0.1) is 0 Å². The number of halogens is 4. The Labute approximate surface area is 167 Å². The second-order valence-corrected chi connectivity index (χ2v) is 6.77. The van der Waals surface area contributed by atoms with Crippen molar-refractivity contribution in [3.05, 3.63) is 89.2 Å². The molecule has 0 amide bonds. The zero-order chi connectivity index (χ0) is 21.0. The molecule has 0 unspecified atom stereocenters. The minimum absolute atomic E-state index is 0.0673. The summed E-state index contributed by atoms with van der Waals surface area (Å²) in [6.07, 6.45) is -4.37. The van der Waals surface area contributed by atoms with E-state index in [0.29, 0.717) is 23.4 Å². The van der Waals surface area contributed by atoms with Crippen LogP contribution >= 0.6 is 0 Å². The van der Waals surface area contributed by atoms with E-state index in [1.54, 1.807) is 12.1 Å². The highest BCUT2D eigenvalue weighted by Crippen LogP contribution is 2.34. The Hall–Kier alpha value is -2.86. The van der Waals surface area contributed by atoms with E-state index < -0.39 is 11.7 Å². The van der Waals surface area contributed by atoms with E-state index in [1.165, 1.54) is 31.4 Å². The van der Waals surface area contributed by atoms with Crippen molar-refractivity contribution in [3.8, 4) is 16.9 Å². The number of nitrogens with one attached hydrogen (secondary N) is 1. The molecule has 0 heterocycles. The number of hydrogen-bond acceptors (Lipinski definition) is 2. The van der Waals surface area contributed by atoms with Crippen LogP contribution in [0.2, 0.25) is 0 Å². The molecule has 1 atom stereocenters. The molecule has 0 bridgehead atoms. The lowest BCUT2D eigenvalue weighted by Gasteiger charge is -2.16. The molecule has 0 aliphatic carbocycles. The summed E-state index contributed by atoms with van der Waals surface area (Å²) >= 11 is 0. The minimum atomic E-state index is -4.37.